The third-order valence-corrected chi connectivity index (χ3v) is 3.86. The Bertz CT molecular complexity index is 950. The maximum Gasteiger partial charge on any atom is 0.343 e. The van der Waals surface area contributed by atoms with Gasteiger partial charge >= 0.3 is 5.97 Å². The predicted molar refractivity (Wildman–Crippen MR) is 107 cm³/mol. The highest BCUT2D eigenvalue weighted by atomic mass is 19.1. The van der Waals surface area contributed by atoms with Crippen LogP contribution in [0.4, 0.5) is 10.1 Å². The van der Waals surface area contributed by atoms with Crippen molar-refractivity contribution in [1.29, 1.82) is 0 Å². The Morgan fingerprint density at radius 3 is 2.32 bits per heavy atom. The standard InChI is InChI=1S/C23H20FNO3/c1-2-15-27-19-13-9-18(10-14-19)23(26)28-20-11-7-17(8-12-20)16-25-22-6-4-3-5-21(22)24/h3-14,16H,2,15H2,1H3. The molecule has 0 bridgehead atoms. The zero-order chi connectivity index (χ0) is 19.8. The molecule has 0 unspecified atom stereocenters. The third-order valence-electron chi connectivity index (χ3n) is 3.86. The van der Waals surface area contributed by atoms with Gasteiger partial charge in [-0.15, -0.1) is 0 Å². The minimum Gasteiger partial charge on any atom is -0.494 e. The number of esters is 1. The maximum atomic E-state index is 13.6. The van der Waals surface area contributed by atoms with Crippen molar-refractivity contribution < 1.29 is 18.7 Å². The van der Waals surface area contributed by atoms with E-state index < -0.39 is 5.97 Å². The number of hydrogen-bond acceptors (Lipinski definition) is 4. The van der Waals surface area contributed by atoms with Gasteiger partial charge in [0.2, 0.25) is 0 Å². The largest absolute Gasteiger partial charge is 0.494 e. The minimum absolute atomic E-state index is 0.268. The fraction of sp³-hybridized carbons (Fsp3) is 0.130. The van der Waals surface area contributed by atoms with E-state index in [9.17, 15) is 9.18 Å². The van der Waals surface area contributed by atoms with Crippen LogP contribution in [-0.2, 0) is 0 Å². The zero-order valence-corrected chi connectivity index (χ0v) is 15.5. The van der Waals surface area contributed by atoms with Gasteiger partial charge < -0.3 is 9.47 Å². The zero-order valence-electron chi connectivity index (χ0n) is 15.5. The van der Waals surface area contributed by atoms with E-state index in [2.05, 4.69) is 4.99 Å². The molecule has 0 saturated carbocycles. The second kappa shape index (κ2) is 9.46. The molecule has 0 aromatic heterocycles. The Labute approximate surface area is 163 Å². The van der Waals surface area contributed by atoms with Crippen LogP contribution < -0.4 is 9.47 Å². The monoisotopic (exact) mass is 377 g/mol. The summed E-state index contributed by atoms with van der Waals surface area (Å²) < 4.78 is 24.4. The predicted octanol–water partition coefficient (Wildman–Crippen LogP) is 5.58. The van der Waals surface area contributed by atoms with Crippen LogP contribution in [0.5, 0.6) is 11.5 Å². The van der Waals surface area contributed by atoms with Crippen LogP contribution in [-0.4, -0.2) is 18.8 Å². The van der Waals surface area contributed by atoms with E-state index in [-0.39, 0.29) is 11.5 Å². The second-order valence-electron chi connectivity index (χ2n) is 6.04. The van der Waals surface area contributed by atoms with E-state index >= 15 is 0 Å². The van der Waals surface area contributed by atoms with Crippen LogP contribution in [0.3, 0.4) is 0 Å². The summed E-state index contributed by atoms with van der Waals surface area (Å²) >= 11 is 0. The molecule has 0 aliphatic carbocycles. The number of benzene rings is 3. The molecular formula is C23H20FNO3. The Morgan fingerprint density at radius 1 is 0.964 bits per heavy atom. The fourth-order valence-corrected chi connectivity index (χ4v) is 2.40. The first-order valence-corrected chi connectivity index (χ1v) is 8.99. The second-order valence-corrected chi connectivity index (χ2v) is 6.04. The molecule has 4 nitrogen and oxygen atoms in total. The Balaban J connectivity index is 1.60. The lowest BCUT2D eigenvalue weighted by Gasteiger charge is -2.07. The van der Waals surface area contributed by atoms with Crippen molar-refractivity contribution in [2.24, 2.45) is 4.99 Å². The number of hydrogen-bond donors (Lipinski definition) is 0. The Morgan fingerprint density at radius 2 is 1.64 bits per heavy atom. The van der Waals surface area contributed by atoms with Crippen molar-refractivity contribution in [3.05, 3.63) is 89.7 Å². The van der Waals surface area contributed by atoms with E-state index in [4.69, 9.17) is 9.47 Å². The third kappa shape index (κ3) is 5.27. The normalized spacial score (nSPS) is 10.8. The van der Waals surface area contributed by atoms with Gasteiger partial charge in [-0.05, 0) is 72.6 Å². The number of ether oxygens (including phenoxy) is 2. The summed E-state index contributed by atoms with van der Waals surface area (Å²) in [6, 6.07) is 19.9. The molecule has 0 aliphatic rings. The number of halogens is 1. The lowest BCUT2D eigenvalue weighted by molar-refractivity contribution is 0.0734. The molecule has 0 radical (unpaired) electrons. The molecular weight excluding hydrogens is 357 g/mol. The van der Waals surface area contributed by atoms with E-state index in [1.165, 1.54) is 6.07 Å². The molecule has 3 rings (SSSR count). The molecule has 5 heteroatoms. The number of carbonyl (C=O) groups excluding carboxylic acids is 1. The molecule has 0 amide bonds. The first kappa shape index (κ1) is 19.3. The molecule has 0 aliphatic heterocycles. The molecule has 0 spiro atoms. The van der Waals surface area contributed by atoms with Crippen LogP contribution in [0.25, 0.3) is 0 Å². The minimum atomic E-state index is -0.449. The molecule has 0 saturated heterocycles. The van der Waals surface area contributed by atoms with Crippen molar-refractivity contribution in [3.63, 3.8) is 0 Å². The lowest BCUT2D eigenvalue weighted by Crippen LogP contribution is -2.08. The van der Waals surface area contributed by atoms with Gasteiger partial charge in [0, 0.05) is 6.21 Å². The highest BCUT2D eigenvalue weighted by Gasteiger charge is 2.09. The van der Waals surface area contributed by atoms with Crippen molar-refractivity contribution in [1.82, 2.24) is 0 Å². The van der Waals surface area contributed by atoms with E-state index in [1.54, 1.807) is 72.9 Å². The van der Waals surface area contributed by atoms with Crippen molar-refractivity contribution in [3.8, 4) is 11.5 Å². The van der Waals surface area contributed by atoms with Crippen LogP contribution in [0.1, 0.15) is 29.3 Å². The van der Waals surface area contributed by atoms with Gasteiger partial charge in [-0.2, -0.15) is 0 Å². The van der Waals surface area contributed by atoms with Gasteiger partial charge in [0.05, 0.1) is 17.9 Å². The fourth-order valence-electron chi connectivity index (χ4n) is 2.40. The molecule has 142 valence electrons. The molecule has 0 heterocycles. The first-order chi connectivity index (χ1) is 13.7. The van der Waals surface area contributed by atoms with Gasteiger partial charge in [-0.25, -0.2) is 9.18 Å². The van der Waals surface area contributed by atoms with E-state index in [1.807, 2.05) is 6.92 Å². The molecule has 3 aromatic rings. The number of nitrogens with zero attached hydrogens (tertiary/aromatic N) is 1. The number of aliphatic imine (C=N–C) groups is 1. The van der Waals surface area contributed by atoms with Gasteiger partial charge in [-0.3, -0.25) is 4.99 Å². The van der Waals surface area contributed by atoms with Gasteiger partial charge in [-0.1, -0.05) is 19.1 Å². The van der Waals surface area contributed by atoms with E-state index in [0.29, 0.717) is 17.9 Å². The van der Waals surface area contributed by atoms with Crippen LogP contribution >= 0.6 is 0 Å². The Kier molecular flexibility index (Phi) is 6.52. The van der Waals surface area contributed by atoms with Gasteiger partial charge in [0.15, 0.2) is 0 Å². The van der Waals surface area contributed by atoms with Gasteiger partial charge in [0.25, 0.3) is 0 Å². The molecule has 0 atom stereocenters. The quantitative estimate of drug-likeness (QED) is 0.307. The SMILES string of the molecule is CCCOc1ccc(C(=O)Oc2ccc(C=Nc3ccccc3F)cc2)cc1. The Hall–Kier alpha value is -3.47. The summed E-state index contributed by atoms with van der Waals surface area (Å²) in [5, 5.41) is 0. The lowest BCUT2D eigenvalue weighted by atomic mass is 10.2. The summed E-state index contributed by atoms with van der Waals surface area (Å²) in [4.78, 5) is 16.4. The summed E-state index contributed by atoms with van der Waals surface area (Å²) in [6.07, 6.45) is 2.48. The van der Waals surface area contributed by atoms with Crippen molar-refractivity contribution >= 4 is 17.9 Å². The topological polar surface area (TPSA) is 47.9 Å². The number of para-hydroxylation sites is 1. The van der Waals surface area contributed by atoms with Crippen LogP contribution in [0, 0.1) is 5.82 Å². The van der Waals surface area contributed by atoms with Gasteiger partial charge in [0.1, 0.15) is 17.3 Å². The number of rotatable bonds is 7. The first-order valence-electron chi connectivity index (χ1n) is 8.99. The average Bonchev–Trinajstić information content (AvgIpc) is 2.73. The summed E-state index contributed by atoms with van der Waals surface area (Å²) in [7, 11) is 0. The van der Waals surface area contributed by atoms with Crippen molar-refractivity contribution in [2.75, 3.05) is 6.61 Å². The average molecular weight is 377 g/mol. The molecule has 3 aromatic carbocycles. The highest BCUT2D eigenvalue weighted by Crippen LogP contribution is 2.18. The van der Waals surface area contributed by atoms with E-state index in [0.717, 1.165) is 17.7 Å². The molecule has 0 fully saturated rings. The van der Waals surface area contributed by atoms with Crippen molar-refractivity contribution in [2.45, 2.75) is 13.3 Å². The summed E-state index contributed by atoms with van der Waals surface area (Å²) in [6.45, 7) is 2.67. The number of carbonyl (C=O) groups is 1. The van der Waals surface area contributed by atoms with Crippen LogP contribution in [0.2, 0.25) is 0 Å². The highest BCUT2D eigenvalue weighted by molar-refractivity contribution is 5.91. The summed E-state index contributed by atoms with van der Waals surface area (Å²) in [5.74, 6) is 0.307. The smallest absolute Gasteiger partial charge is 0.343 e. The van der Waals surface area contributed by atoms with Crippen LogP contribution in [0.15, 0.2) is 77.8 Å². The molecule has 28 heavy (non-hydrogen) atoms. The summed E-state index contributed by atoms with van der Waals surface area (Å²) in [5.41, 5.74) is 1.47. The maximum absolute atomic E-state index is 13.6. The molecule has 0 N–H and O–H groups in total.